The zero-order valence-electron chi connectivity index (χ0n) is 11.7. The molecule has 1 aromatic heterocycles. The molecule has 2 fully saturated rings. The molecule has 0 radical (unpaired) electrons. The molecule has 2 aliphatic rings. The van der Waals surface area contributed by atoms with E-state index in [1.165, 1.54) is 12.8 Å². The lowest BCUT2D eigenvalue weighted by Gasteiger charge is -2.26. The summed E-state index contributed by atoms with van der Waals surface area (Å²) < 4.78 is 1.91. The molecule has 0 spiro atoms. The van der Waals surface area contributed by atoms with E-state index in [1.54, 1.807) is 0 Å². The number of carbonyl (C=O) groups is 1. The lowest BCUT2D eigenvalue weighted by molar-refractivity contribution is -0.124. The third kappa shape index (κ3) is 2.22. The Hall–Kier alpha value is -1.16. The molecule has 19 heavy (non-hydrogen) atoms. The van der Waals surface area contributed by atoms with Gasteiger partial charge in [-0.2, -0.15) is 5.10 Å². The molecular formula is C15H23N3O. The number of aromatic nitrogens is 2. The molecule has 0 saturated heterocycles. The van der Waals surface area contributed by atoms with Crippen molar-refractivity contribution in [1.82, 2.24) is 9.78 Å². The van der Waals surface area contributed by atoms with Gasteiger partial charge in [-0.25, -0.2) is 0 Å². The molecule has 4 nitrogen and oxygen atoms in total. The summed E-state index contributed by atoms with van der Waals surface area (Å²) in [4.78, 5) is 12.5. The van der Waals surface area contributed by atoms with Crippen LogP contribution in [0.3, 0.4) is 0 Å². The minimum Gasteiger partial charge on any atom is -0.327 e. The van der Waals surface area contributed by atoms with Crippen molar-refractivity contribution in [3.05, 3.63) is 18.0 Å². The van der Waals surface area contributed by atoms with Crippen molar-refractivity contribution in [1.29, 1.82) is 0 Å². The first-order valence-electron chi connectivity index (χ1n) is 7.38. The van der Waals surface area contributed by atoms with Gasteiger partial charge < -0.3 is 5.73 Å². The lowest BCUT2D eigenvalue weighted by atomic mass is 9.81. The van der Waals surface area contributed by atoms with Gasteiger partial charge in [0.2, 0.25) is 0 Å². The first kappa shape index (κ1) is 12.9. The Morgan fingerprint density at radius 1 is 1.47 bits per heavy atom. The zero-order chi connectivity index (χ0) is 13.6. The van der Waals surface area contributed by atoms with Gasteiger partial charge in [0, 0.05) is 24.2 Å². The number of Topliss-reactive ketones (excluding diaryl/α,β-unsaturated/α-hetero) is 1. The molecule has 4 atom stereocenters. The maximum absolute atomic E-state index is 12.5. The number of hydrogen-bond donors (Lipinski definition) is 1. The fourth-order valence-corrected chi connectivity index (χ4v) is 3.87. The van der Waals surface area contributed by atoms with Crippen LogP contribution in [0, 0.1) is 17.8 Å². The van der Waals surface area contributed by atoms with Crippen molar-refractivity contribution in [3.63, 3.8) is 0 Å². The van der Waals surface area contributed by atoms with E-state index in [0.29, 0.717) is 30.1 Å². The first-order valence-corrected chi connectivity index (χ1v) is 7.38. The average molecular weight is 261 g/mol. The monoisotopic (exact) mass is 261 g/mol. The normalized spacial score (nSPS) is 33.3. The van der Waals surface area contributed by atoms with E-state index in [2.05, 4.69) is 18.9 Å². The number of rotatable bonds is 4. The van der Waals surface area contributed by atoms with E-state index in [-0.39, 0.29) is 12.0 Å². The SMILES string of the molecule is CC(C)n1ccc(CC(=O)C2C3CCC(C3)C2N)n1. The smallest absolute Gasteiger partial charge is 0.143 e. The average Bonchev–Trinajstić information content (AvgIpc) is 3.02. The van der Waals surface area contributed by atoms with Gasteiger partial charge in [-0.05, 0) is 51.0 Å². The number of nitrogens with zero attached hydrogens (tertiary/aromatic N) is 2. The van der Waals surface area contributed by atoms with Crippen molar-refractivity contribution in [2.45, 2.75) is 51.6 Å². The van der Waals surface area contributed by atoms with Crippen molar-refractivity contribution in [2.24, 2.45) is 23.5 Å². The van der Waals surface area contributed by atoms with Crippen LogP contribution in [0.1, 0.15) is 44.8 Å². The van der Waals surface area contributed by atoms with Crippen LogP contribution in [-0.4, -0.2) is 21.6 Å². The van der Waals surface area contributed by atoms with Crippen LogP contribution in [-0.2, 0) is 11.2 Å². The standard InChI is InChI=1S/C15H23N3O/c1-9(2)18-6-5-12(17-18)8-13(19)14-10-3-4-11(7-10)15(14)16/h5-6,9-11,14-15H,3-4,7-8,16H2,1-2H3. The summed E-state index contributed by atoms with van der Waals surface area (Å²) in [5.41, 5.74) is 7.11. The molecule has 2 N–H and O–H groups in total. The van der Waals surface area contributed by atoms with Crippen LogP contribution in [0.5, 0.6) is 0 Å². The van der Waals surface area contributed by atoms with Crippen LogP contribution in [0.2, 0.25) is 0 Å². The molecule has 0 aromatic carbocycles. The molecule has 0 aliphatic heterocycles. The van der Waals surface area contributed by atoms with E-state index >= 15 is 0 Å². The van der Waals surface area contributed by atoms with Crippen molar-refractivity contribution in [2.75, 3.05) is 0 Å². The molecule has 2 bridgehead atoms. The van der Waals surface area contributed by atoms with E-state index in [9.17, 15) is 4.79 Å². The van der Waals surface area contributed by atoms with Gasteiger partial charge >= 0.3 is 0 Å². The highest BCUT2D eigenvalue weighted by atomic mass is 16.1. The second-order valence-electron chi connectivity index (χ2n) is 6.46. The highest BCUT2D eigenvalue weighted by Crippen LogP contribution is 2.48. The Bertz CT molecular complexity index is 477. The molecule has 1 aromatic rings. The molecule has 0 amide bonds. The topological polar surface area (TPSA) is 60.9 Å². The van der Waals surface area contributed by atoms with Gasteiger partial charge in [0.05, 0.1) is 12.1 Å². The first-order chi connectivity index (χ1) is 9.06. The lowest BCUT2D eigenvalue weighted by Crippen LogP contribution is -2.40. The van der Waals surface area contributed by atoms with Gasteiger partial charge in [-0.15, -0.1) is 0 Å². The van der Waals surface area contributed by atoms with Crippen molar-refractivity contribution in [3.8, 4) is 0 Å². The Kier molecular flexibility index (Phi) is 3.21. The fourth-order valence-electron chi connectivity index (χ4n) is 3.87. The summed E-state index contributed by atoms with van der Waals surface area (Å²) in [6, 6.07) is 2.39. The number of carbonyl (C=O) groups excluding carboxylic acids is 1. The van der Waals surface area contributed by atoms with Crippen molar-refractivity contribution < 1.29 is 4.79 Å². The molecule has 3 rings (SSSR count). The highest BCUT2D eigenvalue weighted by Gasteiger charge is 2.48. The third-order valence-electron chi connectivity index (χ3n) is 4.90. The maximum atomic E-state index is 12.5. The third-order valence-corrected chi connectivity index (χ3v) is 4.90. The summed E-state index contributed by atoms with van der Waals surface area (Å²) in [5, 5.41) is 4.46. The number of fused-ring (bicyclic) bond motifs is 2. The molecule has 4 heteroatoms. The van der Waals surface area contributed by atoms with Gasteiger partial charge in [-0.3, -0.25) is 9.48 Å². The maximum Gasteiger partial charge on any atom is 0.143 e. The van der Waals surface area contributed by atoms with Crippen molar-refractivity contribution >= 4 is 5.78 Å². The largest absolute Gasteiger partial charge is 0.327 e. The Morgan fingerprint density at radius 2 is 2.21 bits per heavy atom. The van der Waals surface area contributed by atoms with E-state index < -0.39 is 0 Å². The molecule has 2 aliphatic carbocycles. The Morgan fingerprint density at radius 3 is 2.79 bits per heavy atom. The van der Waals surface area contributed by atoms with Crippen LogP contribution >= 0.6 is 0 Å². The number of ketones is 1. The predicted octanol–water partition coefficient (Wildman–Crippen LogP) is 1.95. The minimum absolute atomic E-state index is 0.0861. The molecule has 104 valence electrons. The minimum atomic E-state index is 0.0861. The number of hydrogen-bond acceptors (Lipinski definition) is 3. The van der Waals surface area contributed by atoms with E-state index in [0.717, 1.165) is 12.1 Å². The zero-order valence-corrected chi connectivity index (χ0v) is 11.7. The molecule has 1 heterocycles. The van der Waals surface area contributed by atoms with Gasteiger partial charge in [0.1, 0.15) is 5.78 Å². The molecule has 2 saturated carbocycles. The van der Waals surface area contributed by atoms with Crippen LogP contribution in [0.25, 0.3) is 0 Å². The summed E-state index contributed by atoms with van der Waals surface area (Å²) in [7, 11) is 0. The predicted molar refractivity (Wildman–Crippen MR) is 73.6 cm³/mol. The van der Waals surface area contributed by atoms with Gasteiger partial charge in [-0.1, -0.05) is 0 Å². The van der Waals surface area contributed by atoms with E-state index in [4.69, 9.17) is 5.73 Å². The van der Waals surface area contributed by atoms with Crippen LogP contribution < -0.4 is 5.73 Å². The molecule has 4 unspecified atom stereocenters. The summed E-state index contributed by atoms with van der Waals surface area (Å²) in [5.74, 6) is 1.52. The summed E-state index contributed by atoms with van der Waals surface area (Å²) in [6.07, 6.45) is 5.97. The Labute approximate surface area is 114 Å². The summed E-state index contributed by atoms with van der Waals surface area (Å²) in [6.45, 7) is 4.18. The quantitative estimate of drug-likeness (QED) is 0.901. The van der Waals surface area contributed by atoms with Crippen LogP contribution in [0.4, 0.5) is 0 Å². The molecular weight excluding hydrogens is 238 g/mol. The van der Waals surface area contributed by atoms with Gasteiger partial charge in [0.25, 0.3) is 0 Å². The number of nitrogens with two attached hydrogens (primary N) is 1. The van der Waals surface area contributed by atoms with Gasteiger partial charge in [0.15, 0.2) is 0 Å². The second kappa shape index (κ2) is 4.75. The second-order valence-corrected chi connectivity index (χ2v) is 6.46. The summed E-state index contributed by atoms with van der Waals surface area (Å²) >= 11 is 0. The van der Waals surface area contributed by atoms with E-state index in [1.807, 2.05) is 16.9 Å². The Balaban J connectivity index is 1.68. The fraction of sp³-hybridized carbons (Fsp3) is 0.733. The van der Waals surface area contributed by atoms with Crippen LogP contribution in [0.15, 0.2) is 12.3 Å². The highest BCUT2D eigenvalue weighted by molar-refractivity contribution is 5.84.